The van der Waals surface area contributed by atoms with E-state index in [2.05, 4.69) is 19.7 Å². The van der Waals surface area contributed by atoms with E-state index in [4.69, 9.17) is 0 Å². The lowest BCUT2D eigenvalue weighted by atomic mass is 10.5. The third kappa shape index (κ3) is 3.60. The van der Waals surface area contributed by atoms with Crippen LogP contribution in [0.4, 0.5) is 5.82 Å². The molecule has 0 aliphatic heterocycles. The van der Waals surface area contributed by atoms with Crippen molar-refractivity contribution in [3.05, 3.63) is 30.1 Å². The molecule has 0 aliphatic carbocycles. The van der Waals surface area contributed by atoms with Gasteiger partial charge in [-0.1, -0.05) is 0 Å². The Morgan fingerprint density at radius 2 is 2.05 bits per heavy atom. The molecule has 0 bridgehead atoms. The third-order valence-electron chi connectivity index (χ3n) is 3.14. The van der Waals surface area contributed by atoms with Crippen molar-refractivity contribution >= 4 is 15.8 Å². The number of anilines is 1. The number of sulfonamides is 1. The molecule has 0 saturated heterocycles. The van der Waals surface area contributed by atoms with E-state index in [1.807, 2.05) is 25.9 Å². The Kier molecular flexibility index (Phi) is 4.77. The number of imidazole rings is 1. The van der Waals surface area contributed by atoms with Gasteiger partial charge in [0.15, 0.2) is 5.03 Å². The molecule has 22 heavy (non-hydrogen) atoms. The fourth-order valence-corrected chi connectivity index (χ4v) is 2.87. The molecule has 0 atom stereocenters. The molecule has 0 aromatic carbocycles. The summed E-state index contributed by atoms with van der Waals surface area (Å²) in [6.07, 6.45) is 3.12. The first-order valence-electron chi connectivity index (χ1n) is 6.86. The molecule has 0 unspecified atom stereocenters. The number of hydrogen-bond acceptors (Lipinski definition) is 6. The average molecular weight is 324 g/mol. The van der Waals surface area contributed by atoms with Crippen LogP contribution >= 0.6 is 0 Å². The number of hydrogen-bond donors (Lipinski definition) is 1. The maximum absolute atomic E-state index is 12.3. The van der Waals surface area contributed by atoms with Crippen molar-refractivity contribution in [3.8, 4) is 0 Å². The van der Waals surface area contributed by atoms with Gasteiger partial charge in [-0.2, -0.15) is 0 Å². The van der Waals surface area contributed by atoms with Crippen LogP contribution in [0.25, 0.3) is 0 Å². The van der Waals surface area contributed by atoms with Gasteiger partial charge in [0.05, 0.1) is 6.54 Å². The van der Waals surface area contributed by atoms with E-state index in [9.17, 15) is 8.42 Å². The van der Waals surface area contributed by atoms with E-state index in [0.717, 1.165) is 5.82 Å². The molecule has 1 N–H and O–H groups in total. The Balaban J connectivity index is 2.14. The maximum Gasteiger partial charge on any atom is 0.260 e. The summed E-state index contributed by atoms with van der Waals surface area (Å²) in [6.45, 7) is 4.38. The summed E-state index contributed by atoms with van der Waals surface area (Å²) < 4.78 is 28.8. The number of rotatable bonds is 6. The van der Waals surface area contributed by atoms with Crippen LogP contribution in [0.15, 0.2) is 23.5 Å². The second-order valence-corrected chi connectivity index (χ2v) is 6.68. The Morgan fingerprint density at radius 1 is 1.32 bits per heavy atom. The van der Waals surface area contributed by atoms with E-state index >= 15 is 0 Å². The van der Waals surface area contributed by atoms with Crippen molar-refractivity contribution in [2.24, 2.45) is 0 Å². The van der Waals surface area contributed by atoms with Gasteiger partial charge in [0.25, 0.3) is 10.0 Å². The Morgan fingerprint density at radius 3 is 2.64 bits per heavy atom. The number of aromatic nitrogens is 4. The summed E-state index contributed by atoms with van der Waals surface area (Å²) in [5.41, 5.74) is 0. The topological polar surface area (TPSA) is 93.0 Å². The van der Waals surface area contributed by atoms with E-state index < -0.39 is 10.0 Å². The first-order chi connectivity index (χ1) is 10.3. The molecule has 0 radical (unpaired) electrons. The normalized spacial score (nSPS) is 11.6. The molecule has 2 heterocycles. The Bertz CT molecular complexity index is 754. The largest absolute Gasteiger partial charge is 0.363 e. The molecule has 2 aromatic heterocycles. The highest BCUT2D eigenvalue weighted by molar-refractivity contribution is 7.89. The number of nitrogens with zero attached hydrogens (tertiary/aromatic N) is 5. The van der Waals surface area contributed by atoms with Crippen LogP contribution in [0, 0.1) is 6.92 Å². The molecule has 0 amide bonds. The lowest BCUT2D eigenvalue weighted by Gasteiger charge is -2.11. The highest BCUT2D eigenvalue weighted by atomic mass is 32.2. The van der Waals surface area contributed by atoms with Gasteiger partial charge in [-0.3, -0.25) is 0 Å². The van der Waals surface area contributed by atoms with Crippen molar-refractivity contribution in [1.29, 1.82) is 0 Å². The molecule has 2 aromatic rings. The highest BCUT2D eigenvalue weighted by Gasteiger charge is 2.19. The smallest absolute Gasteiger partial charge is 0.260 e. The lowest BCUT2D eigenvalue weighted by Crippen LogP contribution is -2.25. The maximum atomic E-state index is 12.3. The molecule has 2 rings (SSSR count). The summed E-state index contributed by atoms with van der Waals surface area (Å²) in [6, 6.07) is 1.75. The molecule has 0 aliphatic rings. The molecule has 0 saturated carbocycles. The fraction of sp³-hybridized carbons (Fsp3) is 0.462. The van der Waals surface area contributed by atoms with E-state index in [-0.39, 0.29) is 11.6 Å². The van der Waals surface area contributed by atoms with Crippen molar-refractivity contribution < 1.29 is 8.42 Å². The molecule has 120 valence electrons. The van der Waals surface area contributed by atoms with E-state index in [1.54, 1.807) is 23.8 Å². The standard InChI is InChI=1S/C13H20N6O2S/c1-5-19-9-13(16-10(19)2)22(20,21)15-8-11-14-7-6-12(17-11)18(3)4/h6-7,9,15H,5,8H2,1-4H3. The third-order valence-corrected chi connectivity index (χ3v) is 4.41. The second-order valence-electron chi connectivity index (χ2n) is 4.96. The van der Waals surface area contributed by atoms with Crippen LogP contribution in [-0.2, 0) is 23.1 Å². The zero-order valence-electron chi connectivity index (χ0n) is 13.1. The second kappa shape index (κ2) is 6.41. The lowest BCUT2D eigenvalue weighted by molar-refractivity contribution is 0.575. The summed E-state index contributed by atoms with van der Waals surface area (Å²) in [5, 5.41) is 0.00983. The average Bonchev–Trinajstić information content (AvgIpc) is 2.87. The first kappa shape index (κ1) is 16.4. The Hall–Kier alpha value is -2.00. The molecular weight excluding hydrogens is 304 g/mol. The summed E-state index contributed by atoms with van der Waals surface area (Å²) >= 11 is 0. The zero-order valence-corrected chi connectivity index (χ0v) is 13.9. The predicted molar refractivity (Wildman–Crippen MR) is 83.0 cm³/mol. The van der Waals surface area contributed by atoms with Crippen molar-refractivity contribution in [3.63, 3.8) is 0 Å². The molecule has 0 fully saturated rings. The monoisotopic (exact) mass is 324 g/mol. The van der Waals surface area contributed by atoms with Crippen LogP contribution in [-0.4, -0.2) is 42.0 Å². The van der Waals surface area contributed by atoms with Crippen molar-refractivity contribution in [2.45, 2.75) is 32.0 Å². The predicted octanol–water partition coefficient (Wildman–Crippen LogP) is 0.546. The first-order valence-corrected chi connectivity index (χ1v) is 8.34. The van der Waals surface area contributed by atoms with E-state index in [1.165, 1.54) is 6.20 Å². The summed E-state index contributed by atoms with van der Waals surface area (Å²) in [7, 11) is 0.0363. The fourth-order valence-electron chi connectivity index (χ4n) is 1.88. The minimum absolute atomic E-state index is 0.00983. The molecule has 8 nitrogen and oxygen atoms in total. The molecular formula is C13H20N6O2S. The van der Waals surface area contributed by atoms with Gasteiger partial charge in [-0.15, -0.1) is 0 Å². The van der Waals surface area contributed by atoms with Gasteiger partial charge in [-0.25, -0.2) is 28.1 Å². The van der Waals surface area contributed by atoms with Crippen molar-refractivity contribution in [2.75, 3.05) is 19.0 Å². The minimum atomic E-state index is -3.68. The van der Waals surface area contributed by atoms with Crippen molar-refractivity contribution in [1.82, 2.24) is 24.2 Å². The zero-order chi connectivity index (χ0) is 16.3. The van der Waals surface area contributed by atoms with Crippen LogP contribution in [0.2, 0.25) is 0 Å². The van der Waals surface area contributed by atoms with Crippen LogP contribution < -0.4 is 9.62 Å². The van der Waals surface area contributed by atoms with Gasteiger partial charge >= 0.3 is 0 Å². The van der Waals surface area contributed by atoms with Gasteiger partial charge in [0.1, 0.15) is 17.5 Å². The SMILES string of the molecule is CCn1cc(S(=O)(=O)NCc2nccc(N(C)C)n2)nc1C. The van der Waals surface area contributed by atoms with E-state index in [0.29, 0.717) is 18.2 Å². The van der Waals surface area contributed by atoms with Gasteiger partial charge in [-0.05, 0) is 19.9 Å². The summed E-state index contributed by atoms with van der Waals surface area (Å²) in [4.78, 5) is 14.2. The number of nitrogens with one attached hydrogen (secondary N) is 1. The van der Waals surface area contributed by atoms with Gasteiger partial charge < -0.3 is 9.47 Å². The van der Waals surface area contributed by atoms with Crippen LogP contribution in [0.5, 0.6) is 0 Å². The Labute approximate surface area is 130 Å². The molecule has 0 spiro atoms. The number of aryl methyl sites for hydroxylation is 2. The van der Waals surface area contributed by atoms with Crippen LogP contribution in [0.3, 0.4) is 0 Å². The van der Waals surface area contributed by atoms with Gasteiger partial charge in [0, 0.05) is 33.0 Å². The van der Waals surface area contributed by atoms with Gasteiger partial charge in [0.2, 0.25) is 0 Å². The minimum Gasteiger partial charge on any atom is -0.363 e. The van der Waals surface area contributed by atoms with Crippen LogP contribution in [0.1, 0.15) is 18.6 Å². The summed E-state index contributed by atoms with van der Waals surface area (Å²) in [5.74, 6) is 1.78. The quantitative estimate of drug-likeness (QED) is 0.834. The highest BCUT2D eigenvalue weighted by Crippen LogP contribution is 2.10. The molecule has 9 heteroatoms.